The van der Waals surface area contributed by atoms with Crippen molar-refractivity contribution in [1.82, 2.24) is 0 Å². The van der Waals surface area contributed by atoms with E-state index in [1.807, 2.05) is 6.92 Å². The second kappa shape index (κ2) is 12.5. The number of hydrogen-bond donors (Lipinski definition) is 0. The third-order valence-electron chi connectivity index (χ3n) is 5.52. The minimum absolute atomic E-state index is 0.176. The molecule has 1 aliphatic rings. The number of esters is 4. The molecule has 0 amide bonds. The van der Waals surface area contributed by atoms with E-state index in [1.54, 1.807) is 12.1 Å². The first-order chi connectivity index (χ1) is 18.0. The molecule has 0 aliphatic carbocycles. The molecule has 1 aliphatic heterocycles. The Labute approximate surface area is 218 Å². The van der Waals surface area contributed by atoms with Crippen molar-refractivity contribution in [2.45, 2.75) is 78.2 Å². The van der Waals surface area contributed by atoms with Crippen LogP contribution >= 0.6 is 0 Å². The molecular formula is C26H30O12. The molecule has 1 aromatic carbocycles. The number of aryl methyl sites for hydroxylation is 1. The second-order valence-corrected chi connectivity index (χ2v) is 8.68. The van der Waals surface area contributed by atoms with Crippen molar-refractivity contribution < 1.29 is 52.0 Å². The predicted octanol–water partition coefficient (Wildman–Crippen LogP) is 2.21. The van der Waals surface area contributed by atoms with Gasteiger partial charge < -0.3 is 32.8 Å². The van der Waals surface area contributed by atoms with Gasteiger partial charge >= 0.3 is 29.5 Å². The van der Waals surface area contributed by atoms with Crippen molar-refractivity contribution in [3.63, 3.8) is 0 Å². The van der Waals surface area contributed by atoms with E-state index >= 15 is 0 Å². The third kappa shape index (κ3) is 7.31. The Kier molecular flexibility index (Phi) is 9.45. The summed E-state index contributed by atoms with van der Waals surface area (Å²) in [4.78, 5) is 59.3. The molecule has 1 aromatic heterocycles. The van der Waals surface area contributed by atoms with E-state index in [2.05, 4.69) is 0 Å². The second-order valence-electron chi connectivity index (χ2n) is 8.68. The van der Waals surface area contributed by atoms with E-state index in [-0.39, 0.29) is 17.9 Å². The first kappa shape index (κ1) is 28.6. The van der Waals surface area contributed by atoms with Crippen LogP contribution in [0.3, 0.4) is 0 Å². The Morgan fingerprint density at radius 2 is 1.47 bits per heavy atom. The maximum absolute atomic E-state index is 12.1. The zero-order chi connectivity index (χ0) is 28.0. The van der Waals surface area contributed by atoms with Crippen molar-refractivity contribution in [1.29, 1.82) is 0 Å². The fourth-order valence-electron chi connectivity index (χ4n) is 4.18. The van der Waals surface area contributed by atoms with Crippen LogP contribution in [0.5, 0.6) is 5.75 Å². The minimum atomic E-state index is -1.40. The van der Waals surface area contributed by atoms with Gasteiger partial charge in [-0.1, -0.05) is 13.3 Å². The molecule has 2 aromatic rings. The summed E-state index contributed by atoms with van der Waals surface area (Å²) in [5, 5.41) is 0.723. The lowest BCUT2D eigenvalue weighted by atomic mass is 9.98. The molecule has 0 saturated carbocycles. The largest absolute Gasteiger partial charge is 0.463 e. The molecule has 2 heterocycles. The molecular weight excluding hydrogens is 504 g/mol. The average Bonchev–Trinajstić information content (AvgIpc) is 2.80. The highest BCUT2D eigenvalue weighted by molar-refractivity contribution is 5.81. The number of fused-ring (bicyclic) bond motifs is 1. The topological polar surface area (TPSA) is 154 Å². The smallest absolute Gasteiger partial charge is 0.336 e. The van der Waals surface area contributed by atoms with Crippen LogP contribution in [0, 0.1) is 0 Å². The Balaban J connectivity index is 2.03. The number of carbonyl (C=O) groups excluding carboxylic acids is 4. The van der Waals surface area contributed by atoms with Crippen molar-refractivity contribution in [3.05, 3.63) is 40.2 Å². The van der Waals surface area contributed by atoms with Gasteiger partial charge in [-0.3, -0.25) is 19.2 Å². The molecule has 0 N–H and O–H groups in total. The average molecular weight is 535 g/mol. The van der Waals surface area contributed by atoms with Crippen LogP contribution in [0.25, 0.3) is 11.0 Å². The molecule has 206 valence electrons. The Morgan fingerprint density at radius 1 is 0.842 bits per heavy atom. The van der Waals surface area contributed by atoms with Gasteiger partial charge in [-0.15, -0.1) is 0 Å². The number of benzene rings is 1. The van der Waals surface area contributed by atoms with Gasteiger partial charge in [0.25, 0.3) is 0 Å². The van der Waals surface area contributed by atoms with E-state index < -0.39 is 60.2 Å². The fraction of sp³-hybridized carbons (Fsp3) is 0.500. The molecule has 0 spiro atoms. The van der Waals surface area contributed by atoms with Crippen molar-refractivity contribution in [2.24, 2.45) is 0 Å². The fourth-order valence-corrected chi connectivity index (χ4v) is 4.18. The van der Waals surface area contributed by atoms with E-state index in [0.29, 0.717) is 6.42 Å². The van der Waals surface area contributed by atoms with Gasteiger partial charge in [0.1, 0.15) is 24.0 Å². The summed E-state index contributed by atoms with van der Waals surface area (Å²) in [6, 6.07) is 6.23. The first-order valence-electron chi connectivity index (χ1n) is 12.0. The van der Waals surface area contributed by atoms with Crippen LogP contribution in [-0.2, 0) is 49.3 Å². The van der Waals surface area contributed by atoms with Crippen LogP contribution in [0.2, 0.25) is 0 Å². The Morgan fingerprint density at radius 3 is 2.08 bits per heavy atom. The van der Waals surface area contributed by atoms with Crippen LogP contribution in [0.15, 0.2) is 33.5 Å². The van der Waals surface area contributed by atoms with Crippen LogP contribution in [0.4, 0.5) is 0 Å². The molecule has 0 bridgehead atoms. The van der Waals surface area contributed by atoms with Gasteiger partial charge in [0, 0.05) is 45.2 Å². The highest BCUT2D eigenvalue weighted by Gasteiger charge is 2.53. The number of carbonyl (C=O) groups is 4. The van der Waals surface area contributed by atoms with Gasteiger partial charge in [0.15, 0.2) is 12.2 Å². The minimum Gasteiger partial charge on any atom is -0.463 e. The normalized spacial score (nSPS) is 22.8. The zero-order valence-corrected chi connectivity index (χ0v) is 21.7. The number of hydrogen-bond acceptors (Lipinski definition) is 12. The summed E-state index contributed by atoms with van der Waals surface area (Å²) in [7, 11) is 0. The van der Waals surface area contributed by atoms with Crippen molar-refractivity contribution in [3.8, 4) is 5.75 Å². The van der Waals surface area contributed by atoms with Gasteiger partial charge in [-0.05, 0) is 24.1 Å². The maximum Gasteiger partial charge on any atom is 0.336 e. The van der Waals surface area contributed by atoms with Crippen molar-refractivity contribution in [2.75, 3.05) is 6.61 Å². The molecule has 12 nitrogen and oxygen atoms in total. The first-order valence-corrected chi connectivity index (χ1v) is 12.0. The molecule has 3 rings (SSSR count). The summed E-state index contributed by atoms with van der Waals surface area (Å²) in [5.41, 5.74) is 0.562. The van der Waals surface area contributed by atoms with Crippen LogP contribution < -0.4 is 10.4 Å². The van der Waals surface area contributed by atoms with Gasteiger partial charge in [0.05, 0.1) is 0 Å². The van der Waals surface area contributed by atoms with Gasteiger partial charge in [0.2, 0.25) is 12.4 Å². The standard InChI is InChI=1S/C26H30O12/c1-6-7-17-10-22(31)37-20-11-18(8-9-19(17)20)36-26-25(35-16(5)30)24(34-15(4)29)23(33-14(3)28)21(38-26)12-32-13(2)27/h8-11,21,23-26H,6-7,12H2,1-5H3/t21-,23-,24+,25-,26+/m1/s1. The summed E-state index contributed by atoms with van der Waals surface area (Å²) < 4.78 is 38.5. The number of rotatable bonds is 9. The summed E-state index contributed by atoms with van der Waals surface area (Å²) in [6.07, 6.45) is -5.12. The van der Waals surface area contributed by atoms with Gasteiger partial charge in [-0.25, -0.2) is 4.79 Å². The monoisotopic (exact) mass is 534 g/mol. The summed E-state index contributed by atoms with van der Waals surface area (Å²) in [5.74, 6) is -2.71. The highest BCUT2D eigenvalue weighted by Crippen LogP contribution is 2.32. The lowest BCUT2D eigenvalue weighted by Crippen LogP contribution is -2.63. The molecule has 1 saturated heterocycles. The predicted molar refractivity (Wildman–Crippen MR) is 129 cm³/mol. The molecule has 1 fully saturated rings. The lowest BCUT2D eigenvalue weighted by Gasteiger charge is -2.43. The highest BCUT2D eigenvalue weighted by atomic mass is 16.7. The lowest BCUT2D eigenvalue weighted by molar-refractivity contribution is -0.288. The van der Waals surface area contributed by atoms with E-state index in [0.717, 1.165) is 38.1 Å². The number of ether oxygens (including phenoxy) is 6. The third-order valence-corrected chi connectivity index (χ3v) is 5.52. The molecule has 38 heavy (non-hydrogen) atoms. The SMILES string of the molecule is CCCc1cc(=O)oc2cc(O[C@H]3O[C@H](COC(C)=O)[C@@H](OC(C)=O)[C@H](OC(C)=O)[C@H]3OC(C)=O)ccc12. The van der Waals surface area contributed by atoms with Crippen LogP contribution in [0.1, 0.15) is 46.6 Å². The molecule has 0 unspecified atom stereocenters. The zero-order valence-electron chi connectivity index (χ0n) is 21.7. The van der Waals surface area contributed by atoms with E-state index in [4.69, 9.17) is 32.8 Å². The molecule has 0 radical (unpaired) electrons. The van der Waals surface area contributed by atoms with Crippen molar-refractivity contribution >= 4 is 34.8 Å². The maximum atomic E-state index is 12.1. The van der Waals surface area contributed by atoms with E-state index in [1.165, 1.54) is 19.1 Å². The molecule has 5 atom stereocenters. The Hall–Kier alpha value is -3.93. The molecule has 12 heteroatoms. The quantitative estimate of drug-likeness (QED) is 0.263. The van der Waals surface area contributed by atoms with Crippen LogP contribution in [-0.4, -0.2) is 61.2 Å². The van der Waals surface area contributed by atoms with Gasteiger partial charge in [-0.2, -0.15) is 0 Å². The van der Waals surface area contributed by atoms with E-state index in [9.17, 15) is 24.0 Å². The Bertz CT molecular complexity index is 1250. The summed E-state index contributed by atoms with van der Waals surface area (Å²) in [6.45, 7) is 6.17. The summed E-state index contributed by atoms with van der Waals surface area (Å²) >= 11 is 0.